The summed E-state index contributed by atoms with van der Waals surface area (Å²) in [6.07, 6.45) is 0.337. The van der Waals surface area contributed by atoms with Crippen molar-refractivity contribution in [1.29, 1.82) is 0 Å². The lowest BCUT2D eigenvalue weighted by Crippen LogP contribution is -2.43. The Hall–Kier alpha value is -3.61. The van der Waals surface area contributed by atoms with E-state index in [-0.39, 0.29) is 18.6 Å². The predicted molar refractivity (Wildman–Crippen MR) is 129 cm³/mol. The number of amides is 2. The van der Waals surface area contributed by atoms with Gasteiger partial charge in [-0.3, -0.25) is 0 Å². The summed E-state index contributed by atoms with van der Waals surface area (Å²) in [5, 5.41) is 22.9. The molecule has 1 unspecified atom stereocenters. The van der Waals surface area contributed by atoms with E-state index in [2.05, 4.69) is 20.4 Å². The van der Waals surface area contributed by atoms with Gasteiger partial charge in [0.05, 0.1) is 37.9 Å². The molecule has 3 heterocycles. The monoisotopic (exact) mass is 492 g/mol. The van der Waals surface area contributed by atoms with Crippen molar-refractivity contribution in [2.75, 3.05) is 13.2 Å². The summed E-state index contributed by atoms with van der Waals surface area (Å²) >= 11 is 6.03. The van der Waals surface area contributed by atoms with E-state index in [4.69, 9.17) is 22.9 Å². The lowest BCUT2D eigenvalue weighted by molar-refractivity contribution is 0.163. The van der Waals surface area contributed by atoms with Gasteiger partial charge in [-0.2, -0.15) is 0 Å². The maximum Gasteiger partial charge on any atom is 0.318 e. The number of nitrogens with zero attached hydrogens (tertiary/aromatic N) is 5. The van der Waals surface area contributed by atoms with Crippen molar-refractivity contribution in [3.63, 3.8) is 0 Å². The van der Waals surface area contributed by atoms with Crippen molar-refractivity contribution in [2.24, 2.45) is 0 Å². The Morgan fingerprint density at radius 1 is 1.29 bits per heavy atom. The maximum atomic E-state index is 13.4. The number of aliphatic hydroxyl groups excluding tert-OH is 1. The maximum absolute atomic E-state index is 13.4. The second-order valence-electron chi connectivity index (χ2n) is 8.85. The molecule has 9 nitrogen and oxygen atoms in total. The number of carbonyl (C=O) groups is 1. The minimum absolute atomic E-state index is 0.204. The zero-order valence-electron chi connectivity index (χ0n) is 19.2. The number of halogens is 1. The SMILES string of the molecule is [C-]#[N+]c1ccc2c(c1)OCCC2NC(=O)N1C[C@H](O)C[C@@H]1c1nnc(C)n1Cc1ccc(Cl)cc1. The van der Waals surface area contributed by atoms with Gasteiger partial charge in [-0.25, -0.2) is 9.64 Å². The highest BCUT2D eigenvalue weighted by atomic mass is 35.5. The molecule has 3 atom stereocenters. The lowest BCUT2D eigenvalue weighted by Gasteiger charge is -2.31. The molecule has 0 radical (unpaired) electrons. The molecule has 1 aromatic heterocycles. The average molecular weight is 493 g/mol. The highest BCUT2D eigenvalue weighted by Crippen LogP contribution is 2.37. The largest absolute Gasteiger partial charge is 0.494 e. The molecule has 10 heteroatoms. The molecule has 2 N–H and O–H groups in total. The van der Waals surface area contributed by atoms with Crippen molar-refractivity contribution in [1.82, 2.24) is 25.0 Å². The van der Waals surface area contributed by atoms with Crippen molar-refractivity contribution in [3.8, 4) is 5.75 Å². The fraction of sp³-hybridized carbons (Fsp3) is 0.360. The third kappa shape index (κ3) is 4.67. The van der Waals surface area contributed by atoms with Gasteiger partial charge in [0, 0.05) is 30.0 Å². The van der Waals surface area contributed by atoms with Crippen molar-refractivity contribution < 1.29 is 14.6 Å². The van der Waals surface area contributed by atoms with Gasteiger partial charge >= 0.3 is 6.03 Å². The number of fused-ring (bicyclic) bond motifs is 1. The summed E-state index contributed by atoms with van der Waals surface area (Å²) < 4.78 is 7.69. The van der Waals surface area contributed by atoms with E-state index in [1.807, 2.05) is 41.8 Å². The van der Waals surface area contributed by atoms with Gasteiger partial charge < -0.3 is 24.6 Å². The highest BCUT2D eigenvalue weighted by Gasteiger charge is 2.39. The first-order valence-corrected chi connectivity index (χ1v) is 11.8. The van der Waals surface area contributed by atoms with Gasteiger partial charge in [0.2, 0.25) is 0 Å². The molecule has 2 amide bonds. The van der Waals surface area contributed by atoms with Crippen LogP contribution in [0.5, 0.6) is 5.75 Å². The van der Waals surface area contributed by atoms with Crippen LogP contribution >= 0.6 is 11.6 Å². The zero-order valence-corrected chi connectivity index (χ0v) is 19.9. The number of rotatable bonds is 4. The number of β-amino-alcohol motifs (C(OH)–C–C–N with tert-alkyl or cyclic N) is 1. The molecule has 0 spiro atoms. The van der Waals surface area contributed by atoms with Gasteiger partial charge in [0.25, 0.3) is 0 Å². The van der Waals surface area contributed by atoms with E-state index >= 15 is 0 Å². The van der Waals surface area contributed by atoms with E-state index in [1.165, 1.54) is 0 Å². The van der Waals surface area contributed by atoms with Crippen LogP contribution in [0.2, 0.25) is 5.02 Å². The normalized spacial score (nSPS) is 21.2. The van der Waals surface area contributed by atoms with Crippen molar-refractivity contribution >= 4 is 23.3 Å². The first-order chi connectivity index (χ1) is 16.9. The molecule has 1 saturated heterocycles. The van der Waals surface area contributed by atoms with Crippen LogP contribution in [0.15, 0.2) is 42.5 Å². The van der Waals surface area contributed by atoms with E-state index in [0.29, 0.717) is 48.3 Å². The van der Waals surface area contributed by atoms with Gasteiger partial charge in [-0.1, -0.05) is 35.9 Å². The van der Waals surface area contributed by atoms with E-state index in [9.17, 15) is 9.90 Å². The molecule has 0 bridgehead atoms. The zero-order chi connectivity index (χ0) is 24.5. The van der Waals surface area contributed by atoms with E-state index in [0.717, 1.165) is 17.0 Å². The number of carbonyl (C=O) groups excluding carboxylic acids is 1. The fourth-order valence-corrected chi connectivity index (χ4v) is 4.85. The quantitative estimate of drug-likeness (QED) is 0.532. The van der Waals surface area contributed by atoms with Crippen LogP contribution in [0, 0.1) is 13.5 Å². The number of aliphatic hydroxyl groups is 1. The summed E-state index contributed by atoms with van der Waals surface area (Å²) in [6, 6.07) is 11.9. The number of nitrogens with one attached hydrogen (secondary N) is 1. The van der Waals surface area contributed by atoms with Gasteiger partial charge in [-0.05, 0) is 30.7 Å². The molecule has 2 aliphatic rings. The molecule has 0 saturated carbocycles. The van der Waals surface area contributed by atoms with Crippen LogP contribution in [0.4, 0.5) is 10.5 Å². The fourth-order valence-electron chi connectivity index (χ4n) is 4.72. The molecular weight excluding hydrogens is 468 g/mol. The molecule has 180 valence electrons. The third-order valence-corrected chi connectivity index (χ3v) is 6.77. The number of benzene rings is 2. The summed E-state index contributed by atoms with van der Waals surface area (Å²) in [5.74, 6) is 1.98. The Balaban J connectivity index is 1.38. The number of aromatic nitrogens is 3. The topological polar surface area (TPSA) is 96.9 Å². The first-order valence-electron chi connectivity index (χ1n) is 11.5. The van der Waals surface area contributed by atoms with Crippen LogP contribution in [-0.4, -0.2) is 50.1 Å². The molecule has 3 aromatic rings. The molecule has 0 aliphatic carbocycles. The van der Waals surface area contributed by atoms with E-state index < -0.39 is 12.1 Å². The van der Waals surface area contributed by atoms with Gasteiger partial charge in [0.1, 0.15) is 11.6 Å². The van der Waals surface area contributed by atoms with Crippen molar-refractivity contribution in [3.05, 3.63) is 81.7 Å². The number of likely N-dealkylation sites (tertiary alicyclic amines) is 1. The average Bonchev–Trinajstić information content (AvgIpc) is 3.42. The Bertz CT molecular complexity index is 1290. The molecule has 35 heavy (non-hydrogen) atoms. The summed E-state index contributed by atoms with van der Waals surface area (Å²) in [4.78, 5) is 18.5. The second kappa shape index (κ2) is 9.56. The van der Waals surface area contributed by atoms with Crippen LogP contribution < -0.4 is 10.1 Å². The van der Waals surface area contributed by atoms with Crippen molar-refractivity contribution in [2.45, 2.75) is 44.5 Å². The number of ether oxygens (including phenoxy) is 1. The molecule has 2 aromatic carbocycles. The number of hydrogen-bond acceptors (Lipinski definition) is 5. The van der Waals surface area contributed by atoms with Gasteiger partial charge in [-0.15, -0.1) is 10.2 Å². The molecule has 1 fully saturated rings. The van der Waals surface area contributed by atoms with Gasteiger partial charge in [0.15, 0.2) is 11.5 Å². The second-order valence-corrected chi connectivity index (χ2v) is 9.29. The summed E-state index contributed by atoms with van der Waals surface area (Å²) in [7, 11) is 0. The van der Waals surface area contributed by atoms with Crippen LogP contribution in [-0.2, 0) is 6.54 Å². The number of aryl methyl sites for hydroxylation is 1. The minimum atomic E-state index is -0.657. The molecular formula is C25H25ClN6O3. The van der Waals surface area contributed by atoms with Crippen LogP contribution in [0.1, 0.15) is 47.7 Å². The Morgan fingerprint density at radius 2 is 2.09 bits per heavy atom. The predicted octanol–water partition coefficient (Wildman–Crippen LogP) is 4.18. The van der Waals surface area contributed by atoms with Crippen LogP contribution in [0.3, 0.4) is 0 Å². The summed E-state index contributed by atoms with van der Waals surface area (Å²) in [5.41, 5.74) is 2.37. The summed E-state index contributed by atoms with van der Waals surface area (Å²) in [6.45, 7) is 10.3. The number of urea groups is 1. The number of hydrogen-bond donors (Lipinski definition) is 2. The minimum Gasteiger partial charge on any atom is -0.494 e. The smallest absolute Gasteiger partial charge is 0.318 e. The van der Waals surface area contributed by atoms with Crippen LogP contribution in [0.25, 0.3) is 4.85 Å². The molecule has 2 aliphatic heterocycles. The third-order valence-electron chi connectivity index (χ3n) is 6.52. The molecule has 5 rings (SSSR count). The van der Waals surface area contributed by atoms with E-state index in [1.54, 1.807) is 17.0 Å². The standard InChI is InChI=1S/C25H25ClN6O3/c1-15-29-30-24(31(15)13-16-3-5-17(26)6-4-16)22-12-19(33)14-32(22)25(34)28-21-9-10-35-23-11-18(27-2)7-8-20(21)23/h3-8,11,19,21-22,33H,9-10,12-14H2,1H3,(H,28,34)/t19-,21?,22-/m1/s1. The highest BCUT2D eigenvalue weighted by molar-refractivity contribution is 6.30. The lowest BCUT2D eigenvalue weighted by atomic mass is 10.00. The first kappa shape index (κ1) is 23.1. The Labute approximate surface area is 208 Å². The Morgan fingerprint density at radius 3 is 2.86 bits per heavy atom. The Kier molecular flexibility index (Phi) is 6.32.